The predicted molar refractivity (Wildman–Crippen MR) is 62.4 cm³/mol. The molecular weight excluding hydrogens is 272 g/mol. The highest BCUT2D eigenvalue weighted by Crippen LogP contribution is 2.40. The molecular formula is C11H11BrN2O2. The van der Waals surface area contributed by atoms with Crippen molar-refractivity contribution < 1.29 is 4.79 Å². The Balaban J connectivity index is 2.38. The van der Waals surface area contributed by atoms with Gasteiger partial charge in [0, 0.05) is 0 Å². The first-order valence-corrected chi connectivity index (χ1v) is 6.10. The molecule has 1 aromatic rings. The van der Waals surface area contributed by atoms with E-state index in [0.717, 1.165) is 24.8 Å². The lowest BCUT2D eigenvalue weighted by atomic mass is 9.85. The van der Waals surface area contributed by atoms with Crippen molar-refractivity contribution in [2.24, 2.45) is 0 Å². The molecule has 0 radical (unpaired) electrons. The van der Waals surface area contributed by atoms with Crippen LogP contribution in [-0.4, -0.2) is 10.5 Å². The van der Waals surface area contributed by atoms with Crippen molar-refractivity contribution in [1.82, 2.24) is 9.88 Å². The summed E-state index contributed by atoms with van der Waals surface area (Å²) >= 11 is 3.25. The van der Waals surface area contributed by atoms with Crippen molar-refractivity contribution in [3.63, 3.8) is 0 Å². The van der Waals surface area contributed by atoms with Crippen LogP contribution in [0.4, 0.5) is 0 Å². The van der Waals surface area contributed by atoms with Crippen molar-refractivity contribution in [3.8, 4) is 0 Å². The summed E-state index contributed by atoms with van der Waals surface area (Å²) in [5.74, 6) is -0.123. The van der Waals surface area contributed by atoms with Gasteiger partial charge in [0.25, 0.3) is 11.5 Å². The number of carbonyl (C=O) groups excluding carboxylic acids is 1. The molecule has 0 atom stereocenters. The Hall–Kier alpha value is -1.10. The van der Waals surface area contributed by atoms with E-state index in [1.807, 2.05) is 6.92 Å². The third-order valence-electron chi connectivity index (χ3n) is 3.52. The van der Waals surface area contributed by atoms with Crippen molar-refractivity contribution in [1.29, 1.82) is 0 Å². The second-order valence-corrected chi connectivity index (χ2v) is 5.36. The molecule has 1 aliphatic carbocycles. The Morgan fingerprint density at radius 3 is 2.69 bits per heavy atom. The first-order chi connectivity index (χ1) is 7.55. The summed E-state index contributed by atoms with van der Waals surface area (Å²) in [5.41, 5.74) is 0.817. The minimum Gasteiger partial charge on any atom is -0.327 e. The van der Waals surface area contributed by atoms with E-state index in [1.54, 1.807) is 10.6 Å². The predicted octanol–water partition coefficient (Wildman–Crippen LogP) is 1.50. The highest BCUT2D eigenvalue weighted by Gasteiger charge is 2.48. The van der Waals surface area contributed by atoms with Gasteiger partial charge in [0.1, 0.15) is 11.4 Å². The van der Waals surface area contributed by atoms with Gasteiger partial charge in [-0.05, 0) is 53.7 Å². The molecule has 1 N–H and O–H groups in total. The average Bonchev–Trinajstić information content (AvgIpc) is 2.48. The fourth-order valence-corrected chi connectivity index (χ4v) is 3.10. The maximum atomic E-state index is 12.1. The van der Waals surface area contributed by atoms with Crippen LogP contribution in [0.1, 0.15) is 35.3 Å². The van der Waals surface area contributed by atoms with Crippen LogP contribution in [0.15, 0.2) is 15.3 Å². The third kappa shape index (κ3) is 1.04. The van der Waals surface area contributed by atoms with Gasteiger partial charge in [-0.25, -0.2) is 0 Å². The van der Waals surface area contributed by atoms with Gasteiger partial charge in [0.05, 0.1) is 4.47 Å². The quantitative estimate of drug-likeness (QED) is 0.784. The Bertz CT molecular complexity index is 558. The molecule has 4 nitrogen and oxygen atoms in total. The van der Waals surface area contributed by atoms with Crippen LogP contribution in [0.25, 0.3) is 0 Å². The zero-order chi connectivity index (χ0) is 11.5. The molecule has 0 unspecified atom stereocenters. The normalized spacial score (nSPS) is 20.5. The number of nitrogens with one attached hydrogen (secondary N) is 1. The lowest BCUT2D eigenvalue weighted by molar-refractivity contribution is 0.0789. The second kappa shape index (κ2) is 2.97. The number of pyridine rings is 1. The molecule has 3 rings (SSSR count). The van der Waals surface area contributed by atoms with Gasteiger partial charge in [0.15, 0.2) is 0 Å². The molecule has 84 valence electrons. The van der Waals surface area contributed by atoms with Crippen molar-refractivity contribution in [2.45, 2.75) is 31.8 Å². The maximum absolute atomic E-state index is 12.1. The highest BCUT2D eigenvalue weighted by atomic mass is 79.9. The van der Waals surface area contributed by atoms with E-state index in [2.05, 4.69) is 21.2 Å². The van der Waals surface area contributed by atoms with E-state index in [-0.39, 0.29) is 11.5 Å². The van der Waals surface area contributed by atoms with E-state index in [4.69, 9.17) is 0 Å². The molecule has 2 aliphatic rings. The van der Waals surface area contributed by atoms with Gasteiger partial charge in [0.2, 0.25) is 0 Å². The average molecular weight is 283 g/mol. The molecule has 1 amide bonds. The smallest absolute Gasteiger partial charge is 0.270 e. The second-order valence-electron chi connectivity index (χ2n) is 4.50. The minimum absolute atomic E-state index is 0.112. The van der Waals surface area contributed by atoms with E-state index in [9.17, 15) is 9.59 Å². The molecule has 5 heteroatoms. The number of amides is 1. The highest BCUT2D eigenvalue weighted by molar-refractivity contribution is 9.10. The number of aryl methyl sites for hydroxylation is 1. The van der Waals surface area contributed by atoms with Crippen LogP contribution in [0.5, 0.6) is 0 Å². The Labute approximate surface area is 101 Å². The first kappa shape index (κ1) is 10.1. The lowest BCUT2D eigenvalue weighted by Crippen LogP contribution is -2.52. The molecule has 0 saturated heterocycles. The van der Waals surface area contributed by atoms with Crippen molar-refractivity contribution >= 4 is 21.8 Å². The monoisotopic (exact) mass is 282 g/mol. The summed E-state index contributed by atoms with van der Waals surface area (Å²) in [6, 6.07) is 1.71. The largest absolute Gasteiger partial charge is 0.327 e. The third-order valence-corrected chi connectivity index (χ3v) is 4.09. The fourth-order valence-electron chi connectivity index (χ4n) is 2.58. The van der Waals surface area contributed by atoms with Gasteiger partial charge in [-0.15, -0.1) is 0 Å². The van der Waals surface area contributed by atoms with Crippen molar-refractivity contribution in [3.05, 3.63) is 32.2 Å². The summed E-state index contributed by atoms with van der Waals surface area (Å²) in [4.78, 5) is 24.0. The van der Waals surface area contributed by atoms with Crippen LogP contribution in [0.2, 0.25) is 0 Å². The molecule has 2 heterocycles. The molecule has 0 aromatic carbocycles. The number of hydrogen-bond acceptors (Lipinski definition) is 2. The van der Waals surface area contributed by atoms with Gasteiger partial charge >= 0.3 is 0 Å². The van der Waals surface area contributed by atoms with Gasteiger partial charge in [-0.1, -0.05) is 0 Å². The van der Waals surface area contributed by atoms with Crippen LogP contribution >= 0.6 is 15.9 Å². The number of fused-ring (bicyclic) bond motifs is 2. The molecule has 0 bridgehead atoms. The zero-order valence-corrected chi connectivity index (χ0v) is 10.4. The number of halogens is 1. The zero-order valence-electron chi connectivity index (χ0n) is 8.84. The van der Waals surface area contributed by atoms with Crippen LogP contribution < -0.4 is 10.9 Å². The van der Waals surface area contributed by atoms with E-state index >= 15 is 0 Å². The Kier molecular flexibility index (Phi) is 1.87. The topological polar surface area (TPSA) is 51.1 Å². The molecule has 1 saturated carbocycles. The first-order valence-electron chi connectivity index (χ1n) is 5.30. The molecule has 16 heavy (non-hydrogen) atoms. The summed E-state index contributed by atoms with van der Waals surface area (Å²) in [7, 11) is 0. The maximum Gasteiger partial charge on any atom is 0.270 e. The van der Waals surface area contributed by atoms with Crippen LogP contribution in [0.3, 0.4) is 0 Å². The number of aromatic nitrogens is 1. The Morgan fingerprint density at radius 2 is 2.12 bits per heavy atom. The molecule has 1 aliphatic heterocycles. The number of nitrogens with zero attached hydrogens (tertiary/aromatic N) is 1. The Morgan fingerprint density at radius 1 is 1.44 bits per heavy atom. The van der Waals surface area contributed by atoms with Crippen molar-refractivity contribution in [2.75, 3.05) is 0 Å². The van der Waals surface area contributed by atoms with E-state index < -0.39 is 5.66 Å². The van der Waals surface area contributed by atoms with Gasteiger partial charge in [-0.3, -0.25) is 14.2 Å². The SMILES string of the molecule is Cc1cc(Br)c(=O)n2c1C(=O)NC21CCC1. The van der Waals surface area contributed by atoms with E-state index in [0.29, 0.717) is 10.2 Å². The van der Waals surface area contributed by atoms with Gasteiger partial charge < -0.3 is 5.32 Å². The lowest BCUT2D eigenvalue weighted by Gasteiger charge is -2.39. The number of hydrogen-bond donors (Lipinski definition) is 1. The minimum atomic E-state index is -0.432. The summed E-state index contributed by atoms with van der Waals surface area (Å²) in [5, 5.41) is 2.94. The summed E-state index contributed by atoms with van der Waals surface area (Å²) in [6.45, 7) is 1.85. The summed E-state index contributed by atoms with van der Waals surface area (Å²) in [6.07, 6.45) is 2.75. The molecule has 1 spiro atoms. The fraction of sp³-hybridized carbons (Fsp3) is 0.455. The number of carbonyl (C=O) groups is 1. The van der Waals surface area contributed by atoms with E-state index in [1.165, 1.54) is 0 Å². The number of rotatable bonds is 0. The molecule has 1 fully saturated rings. The summed E-state index contributed by atoms with van der Waals surface area (Å²) < 4.78 is 2.16. The van der Waals surface area contributed by atoms with Crippen LogP contribution in [-0.2, 0) is 5.66 Å². The molecule has 1 aromatic heterocycles. The standard InChI is InChI=1S/C11H11BrN2O2/c1-6-5-7(12)10(16)14-8(6)9(15)13-11(14)3-2-4-11/h5H,2-4H2,1H3,(H,13,15). The van der Waals surface area contributed by atoms with Crippen LogP contribution in [0, 0.1) is 6.92 Å². The van der Waals surface area contributed by atoms with Gasteiger partial charge in [-0.2, -0.15) is 0 Å².